The van der Waals surface area contributed by atoms with Gasteiger partial charge in [-0.3, -0.25) is 14.2 Å². The molecule has 0 unspecified atom stereocenters. The Balaban J connectivity index is 2.36. The molecule has 0 amide bonds. The molecule has 0 aliphatic heterocycles. The highest BCUT2D eigenvalue weighted by molar-refractivity contribution is 9.11. The summed E-state index contributed by atoms with van der Waals surface area (Å²) >= 11 is 4.53. The van der Waals surface area contributed by atoms with E-state index in [1.165, 1.54) is 35.2 Å². The lowest BCUT2D eigenvalue weighted by molar-refractivity contribution is 0.0972. The Morgan fingerprint density at radius 2 is 2.06 bits per heavy atom. The van der Waals surface area contributed by atoms with E-state index in [1.807, 2.05) is 0 Å². The Bertz CT molecular complexity index is 714. The SMILES string of the molecule is Cn1ccc(=O)n(CC(=O)c2ccc(Br)s2)c1=O. The van der Waals surface area contributed by atoms with E-state index >= 15 is 0 Å². The quantitative estimate of drug-likeness (QED) is 0.797. The molecule has 0 aliphatic rings. The summed E-state index contributed by atoms with van der Waals surface area (Å²) in [6.07, 6.45) is 1.38. The van der Waals surface area contributed by atoms with Gasteiger partial charge in [0.2, 0.25) is 0 Å². The maximum absolute atomic E-state index is 11.9. The number of carbonyl (C=O) groups is 1. The first-order chi connectivity index (χ1) is 8.49. The molecule has 0 saturated heterocycles. The Kier molecular flexibility index (Phi) is 3.63. The van der Waals surface area contributed by atoms with Crippen LogP contribution in [0.1, 0.15) is 9.67 Å². The molecule has 2 rings (SSSR count). The molecule has 0 aromatic carbocycles. The van der Waals surface area contributed by atoms with E-state index in [9.17, 15) is 14.4 Å². The lowest BCUT2D eigenvalue weighted by atomic mass is 10.3. The molecule has 7 heteroatoms. The van der Waals surface area contributed by atoms with E-state index in [1.54, 1.807) is 12.1 Å². The molecular weight excluding hydrogens is 320 g/mol. The molecule has 0 atom stereocenters. The second-order valence-electron chi connectivity index (χ2n) is 3.66. The maximum Gasteiger partial charge on any atom is 0.331 e. The van der Waals surface area contributed by atoms with Gasteiger partial charge in [0, 0.05) is 19.3 Å². The van der Waals surface area contributed by atoms with Crippen molar-refractivity contribution in [2.24, 2.45) is 7.05 Å². The molecule has 2 heterocycles. The summed E-state index contributed by atoms with van der Waals surface area (Å²) < 4.78 is 3.02. The van der Waals surface area contributed by atoms with Crippen molar-refractivity contribution in [3.8, 4) is 0 Å². The van der Waals surface area contributed by atoms with Gasteiger partial charge < -0.3 is 4.57 Å². The van der Waals surface area contributed by atoms with Crippen LogP contribution in [0.4, 0.5) is 0 Å². The van der Waals surface area contributed by atoms with E-state index < -0.39 is 11.2 Å². The van der Waals surface area contributed by atoms with E-state index in [2.05, 4.69) is 15.9 Å². The van der Waals surface area contributed by atoms with Crippen LogP contribution in [0.25, 0.3) is 0 Å². The molecule has 2 aromatic heterocycles. The number of thiophene rings is 1. The number of carbonyl (C=O) groups excluding carboxylic acids is 1. The summed E-state index contributed by atoms with van der Waals surface area (Å²) in [6, 6.07) is 4.68. The predicted octanol–water partition coefficient (Wildman–Crippen LogP) is 1.25. The molecule has 0 fully saturated rings. The third-order valence-electron chi connectivity index (χ3n) is 2.39. The van der Waals surface area contributed by atoms with E-state index in [0.717, 1.165) is 8.35 Å². The molecule has 0 radical (unpaired) electrons. The van der Waals surface area contributed by atoms with Crippen LogP contribution in [0, 0.1) is 0 Å². The van der Waals surface area contributed by atoms with Crippen LogP contribution in [0.2, 0.25) is 0 Å². The Morgan fingerprint density at radius 1 is 1.33 bits per heavy atom. The fraction of sp³-hybridized carbons (Fsp3) is 0.182. The number of Topliss-reactive ketones (excluding diaryl/α,β-unsaturated/α-hetero) is 1. The molecule has 0 bridgehead atoms. The third-order valence-corrected chi connectivity index (χ3v) is 4.05. The van der Waals surface area contributed by atoms with Crippen LogP contribution in [-0.4, -0.2) is 14.9 Å². The van der Waals surface area contributed by atoms with Crippen molar-refractivity contribution in [2.75, 3.05) is 0 Å². The van der Waals surface area contributed by atoms with Gasteiger partial charge in [0.15, 0.2) is 5.78 Å². The molecule has 0 N–H and O–H groups in total. The predicted molar refractivity (Wildman–Crippen MR) is 72.3 cm³/mol. The second kappa shape index (κ2) is 5.03. The first-order valence-electron chi connectivity index (χ1n) is 5.04. The van der Waals surface area contributed by atoms with Gasteiger partial charge in [-0.1, -0.05) is 0 Å². The average molecular weight is 329 g/mol. The molecule has 0 aliphatic carbocycles. The van der Waals surface area contributed by atoms with Gasteiger partial charge in [-0.15, -0.1) is 11.3 Å². The Labute approximate surface area is 114 Å². The van der Waals surface area contributed by atoms with Gasteiger partial charge in [-0.05, 0) is 28.1 Å². The normalized spacial score (nSPS) is 10.6. The fourth-order valence-corrected chi connectivity index (χ4v) is 2.76. The van der Waals surface area contributed by atoms with Crippen molar-refractivity contribution in [3.05, 3.63) is 53.9 Å². The van der Waals surface area contributed by atoms with Gasteiger partial charge in [0.05, 0.1) is 15.2 Å². The summed E-state index contributed by atoms with van der Waals surface area (Å²) in [5, 5.41) is 0. The summed E-state index contributed by atoms with van der Waals surface area (Å²) in [4.78, 5) is 35.7. The van der Waals surface area contributed by atoms with Crippen LogP contribution in [0.15, 0.2) is 37.8 Å². The number of hydrogen-bond acceptors (Lipinski definition) is 4. The minimum atomic E-state index is -0.494. The van der Waals surface area contributed by atoms with Crippen LogP contribution in [0.3, 0.4) is 0 Å². The van der Waals surface area contributed by atoms with Crippen LogP contribution >= 0.6 is 27.3 Å². The van der Waals surface area contributed by atoms with Crippen molar-refractivity contribution < 1.29 is 4.79 Å². The topological polar surface area (TPSA) is 61.1 Å². The van der Waals surface area contributed by atoms with Gasteiger partial charge in [-0.2, -0.15) is 0 Å². The smallest absolute Gasteiger partial charge is 0.303 e. The molecule has 94 valence electrons. The fourth-order valence-electron chi connectivity index (χ4n) is 1.45. The first-order valence-corrected chi connectivity index (χ1v) is 6.65. The minimum absolute atomic E-state index is 0.237. The number of halogens is 1. The summed E-state index contributed by atoms with van der Waals surface area (Å²) in [7, 11) is 1.53. The summed E-state index contributed by atoms with van der Waals surface area (Å²) in [6.45, 7) is -0.237. The number of ketones is 1. The number of rotatable bonds is 3. The molecule has 0 spiro atoms. The van der Waals surface area contributed by atoms with Gasteiger partial charge in [0.25, 0.3) is 5.56 Å². The van der Waals surface area contributed by atoms with Crippen molar-refractivity contribution in [2.45, 2.75) is 6.54 Å². The standard InChI is InChI=1S/C11H9BrN2O3S/c1-13-5-4-10(16)14(11(13)17)6-7(15)8-2-3-9(12)18-8/h2-5H,6H2,1H3. The number of aryl methyl sites for hydroxylation is 1. The zero-order valence-corrected chi connectivity index (χ0v) is 11.8. The molecular formula is C11H9BrN2O3S. The summed E-state index contributed by atoms with van der Waals surface area (Å²) in [5.41, 5.74) is -0.964. The van der Waals surface area contributed by atoms with Crippen LogP contribution in [0.5, 0.6) is 0 Å². The Hall–Kier alpha value is -1.47. The monoisotopic (exact) mass is 328 g/mol. The lowest BCUT2D eigenvalue weighted by Gasteiger charge is -2.04. The highest BCUT2D eigenvalue weighted by Crippen LogP contribution is 2.22. The Morgan fingerprint density at radius 3 is 2.67 bits per heavy atom. The van der Waals surface area contributed by atoms with E-state index in [-0.39, 0.29) is 12.3 Å². The molecule has 18 heavy (non-hydrogen) atoms. The van der Waals surface area contributed by atoms with E-state index in [4.69, 9.17) is 0 Å². The van der Waals surface area contributed by atoms with Crippen molar-refractivity contribution in [1.82, 2.24) is 9.13 Å². The molecule has 0 saturated carbocycles. The highest BCUT2D eigenvalue weighted by atomic mass is 79.9. The largest absolute Gasteiger partial charge is 0.331 e. The van der Waals surface area contributed by atoms with Gasteiger partial charge >= 0.3 is 5.69 Å². The van der Waals surface area contributed by atoms with E-state index in [0.29, 0.717) is 4.88 Å². The zero-order valence-electron chi connectivity index (χ0n) is 9.42. The van der Waals surface area contributed by atoms with Gasteiger partial charge in [0.1, 0.15) is 0 Å². The van der Waals surface area contributed by atoms with Crippen molar-refractivity contribution in [3.63, 3.8) is 0 Å². The third kappa shape index (κ3) is 2.51. The summed E-state index contributed by atoms with van der Waals surface area (Å²) in [5.74, 6) is -0.254. The zero-order chi connectivity index (χ0) is 13.3. The lowest BCUT2D eigenvalue weighted by Crippen LogP contribution is -2.39. The van der Waals surface area contributed by atoms with Crippen molar-refractivity contribution >= 4 is 33.0 Å². The molecule has 2 aromatic rings. The van der Waals surface area contributed by atoms with Crippen LogP contribution in [-0.2, 0) is 13.6 Å². The van der Waals surface area contributed by atoms with Crippen molar-refractivity contribution in [1.29, 1.82) is 0 Å². The minimum Gasteiger partial charge on any atom is -0.303 e. The van der Waals surface area contributed by atoms with Crippen LogP contribution < -0.4 is 11.2 Å². The van der Waals surface area contributed by atoms with Gasteiger partial charge in [-0.25, -0.2) is 4.79 Å². The number of nitrogens with zero attached hydrogens (tertiary/aromatic N) is 2. The highest BCUT2D eigenvalue weighted by Gasteiger charge is 2.12. The first kappa shape index (κ1) is 13.0. The maximum atomic E-state index is 11.9. The number of aromatic nitrogens is 2. The number of hydrogen-bond donors (Lipinski definition) is 0. The molecule has 5 nitrogen and oxygen atoms in total. The average Bonchev–Trinajstić information content (AvgIpc) is 2.76. The second-order valence-corrected chi connectivity index (χ2v) is 6.12.